The number of nitrogen functional groups attached to an aromatic ring is 1. The summed E-state index contributed by atoms with van der Waals surface area (Å²) in [6, 6.07) is 3.05. The van der Waals surface area contributed by atoms with Crippen LogP contribution in [-0.2, 0) is 14.3 Å². The third-order valence-electron chi connectivity index (χ3n) is 4.22. The SMILES string of the molecule is CCOc1cc(N)c(Cl)cc1C(=O)NCC1CN(CCC(=O)OC)CCO1. The first kappa shape index (κ1) is 21.3. The van der Waals surface area contributed by atoms with Gasteiger partial charge < -0.3 is 25.3 Å². The molecule has 9 heteroatoms. The van der Waals surface area contributed by atoms with Gasteiger partial charge in [0.25, 0.3) is 5.91 Å². The van der Waals surface area contributed by atoms with Crippen molar-refractivity contribution in [3.8, 4) is 5.75 Å². The average molecular weight is 400 g/mol. The van der Waals surface area contributed by atoms with E-state index in [0.29, 0.717) is 61.3 Å². The molecule has 2 rings (SSSR count). The maximum absolute atomic E-state index is 12.6. The van der Waals surface area contributed by atoms with Crippen molar-refractivity contribution < 1.29 is 23.8 Å². The predicted octanol–water partition coefficient (Wildman–Crippen LogP) is 1.31. The minimum Gasteiger partial charge on any atom is -0.493 e. The van der Waals surface area contributed by atoms with E-state index < -0.39 is 0 Å². The van der Waals surface area contributed by atoms with Gasteiger partial charge in [-0.05, 0) is 13.0 Å². The van der Waals surface area contributed by atoms with Crippen molar-refractivity contribution in [3.63, 3.8) is 0 Å². The lowest BCUT2D eigenvalue weighted by atomic mass is 10.1. The first-order valence-electron chi connectivity index (χ1n) is 8.85. The van der Waals surface area contributed by atoms with Crippen LogP contribution < -0.4 is 15.8 Å². The van der Waals surface area contributed by atoms with Gasteiger partial charge in [0.2, 0.25) is 0 Å². The number of amides is 1. The predicted molar refractivity (Wildman–Crippen MR) is 102 cm³/mol. The third-order valence-corrected chi connectivity index (χ3v) is 4.54. The molecule has 1 aromatic rings. The number of esters is 1. The fourth-order valence-electron chi connectivity index (χ4n) is 2.78. The molecule has 27 heavy (non-hydrogen) atoms. The number of anilines is 1. The van der Waals surface area contributed by atoms with Crippen LogP contribution >= 0.6 is 11.6 Å². The van der Waals surface area contributed by atoms with Crippen molar-refractivity contribution in [1.82, 2.24) is 10.2 Å². The largest absolute Gasteiger partial charge is 0.493 e. The zero-order chi connectivity index (χ0) is 19.8. The Morgan fingerprint density at radius 1 is 1.44 bits per heavy atom. The number of benzene rings is 1. The Hall–Kier alpha value is -2.03. The van der Waals surface area contributed by atoms with E-state index in [1.165, 1.54) is 13.2 Å². The fraction of sp³-hybridized carbons (Fsp3) is 0.556. The van der Waals surface area contributed by atoms with Crippen LogP contribution in [0.15, 0.2) is 12.1 Å². The van der Waals surface area contributed by atoms with Crippen LogP contribution in [0.3, 0.4) is 0 Å². The number of hydrogen-bond acceptors (Lipinski definition) is 7. The van der Waals surface area contributed by atoms with Crippen LogP contribution in [0.1, 0.15) is 23.7 Å². The number of morpholine rings is 1. The summed E-state index contributed by atoms with van der Waals surface area (Å²) in [5.74, 6) is -0.160. The lowest BCUT2D eigenvalue weighted by Gasteiger charge is -2.32. The quantitative estimate of drug-likeness (QED) is 0.501. The summed E-state index contributed by atoms with van der Waals surface area (Å²) in [4.78, 5) is 26.0. The van der Waals surface area contributed by atoms with Crippen LogP contribution in [0, 0.1) is 0 Å². The number of halogens is 1. The molecule has 1 amide bonds. The molecule has 1 saturated heterocycles. The molecule has 150 valence electrons. The molecule has 1 fully saturated rings. The van der Waals surface area contributed by atoms with Gasteiger partial charge in [-0.3, -0.25) is 14.5 Å². The second-order valence-corrected chi connectivity index (χ2v) is 6.54. The topological polar surface area (TPSA) is 103 Å². The average Bonchev–Trinajstić information content (AvgIpc) is 2.67. The Kier molecular flexibility index (Phi) is 8.15. The standard InChI is InChI=1S/C18H26ClN3O5/c1-3-26-16-9-15(20)14(19)8-13(16)18(24)21-10-12-11-22(6-7-27-12)5-4-17(23)25-2/h8-9,12H,3-7,10-11,20H2,1-2H3,(H,21,24). The summed E-state index contributed by atoms with van der Waals surface area (Å²) in [6.07, 6.45) is 0.164. The van der Waals surface area contributed by atoms with Crippen molar-refractivity contribution in [2.24, 2.45) is 0 Å². The number of nitrogens with two attached hydrogens (primary N) is 1. The maximum atomic E-state index is 12.6. The molecular formula is C18H26ClN3O5. The van der Waals surface area contributed by atoms with E-state index in [2.05, 4.69) is 15.0 Å². The van der Waals surface area contributed by atoms with Crippen molar-refractivity contribution in [3.05, 3.63) is 22.7 Å². The molecule has 1 aromatic carbocycles. The third kappa shape index (κ3) is 6.27. The lowest BCUT2D eigenvalue weighted by molar-refractivity contribution is -0.141. The first-order chi connectivity index (χ1) is 12.9. The Labute approximate surface area is 163 Å². The van der Waals surface area contributed by atoms with Gasteiger partial charge >= 0.3 is 5.97 Å². The fourth-order valence-corrected chi connectivity index (χ4v) is 2.95. The molecule has 1 aliphatic rings. The molecule has 8 nitrogen and oxygen atoms in total. The molecule has 0 aromatic heterocycles. The number of hydrogen-bond donors (Lipinski definition) is 2. The van der Waals surface area contributed by atoms with E-state index in [-0.39, 0.29) is 18.0 Å². The number of carbonyl (C=O) groups is 2. The molecule has 1 aliphatic heterocycles. The molecule has 0 saturated carbocycles. The van der Waals surface area contributed by atoms with Gasteiger partial charge in [0.1, 0.15) is 5.75 Å². The highest BCUT2D eigenvalue weighted by molar-refractivity contribution is 6.33. The second-order valence-electron chi connectivity index (χ2n) is 6.13. The van der Waals surface area contributed by atoms with E-state index in [1.807, 2.05) is 6.92 Å². The Balaban J connectivity index is 1.91. The monoisotopic (exact) mass is 399 g/mol. The van der Waals surface area contributed by atoms with Gasteiger partial charge in [-0.2, -0.15) is 0 Å². The number of nitrogens with zero attached hydrogens (tertiary/aromatic N) is 1. The molecule has 1 unspecified atom stereocenters. The van der Waals surface area contributed by atoms with Gasteiger partial charge in [-0.25, -0.2) is 0 Å². The zero-order valence-corrected chi connectivity index (χ0v) is 16.4. The smallest absolute Gasteiger partial charge is 0.306 e. The highest BCUT2D eigenvalue weighted by atomic mass is 35.5. The molecule has 0 spiro atoms. The van der Waals surface area contributed by atoms with E-state index >= 15 is 0 Å². The second kappa shape index (κ2) is 10.3. The molecule has 0 bridgehead atoms. The van der Waals surface area contributed by atoms with E-state index in [1.54, 1.807) is 6.07 Å². The molecule has 3 N–H and O–H groups in total. The van der Waals surface area contributed by atoms with Crippen molar-refractivity contribution >= 4 is 29.2 Å². The van der Waals surface area contributed by atoms with Crippen molar-refractivity contribution in [2.75, 3.05) is 52.2 Å². The number of carbonyl (C=O) groups excluding carboxylic acids is 2. The normalized spacial score (nSPS) is 17.4. The summed E-state index contributed by atoms with van der Waals surface area (Å²) in [5, 5.41) is 3.15. The zero-order valence-electron chi connectivity index (χ0n) is 15.6. The number of rotatable bonds is 8. The van der Waals surface area contributed by atoms with Crippen LogP contribution in [0.2, 0.25) is 5.02 Å². The van der Waals surface area contributed by atoms with Gasteiger partial charge in [0.15, 0.2) is 0 Å². The van der Waals surface area contributed by atoms with Crippen LogP contribution in [-0.4, -0.2) is 69.4 Å². The lowest BCUT2D eigenvalue weighted by Crippen LogP contribution is -2.48. The maximum Gasteiger partial charge on any atom is 0.306 e. The number of methoxy groups -OCH3 is 1. The first-order valence-corrected chi connectivity index (χ1v) is 9.23. The highest BCUT2D eigenvalue weighted by Crippen LogP contribution is 2.29. The molecule has 1 atom stereocenters. The Bertz CT molecular complexity index is 671. The van der Waals surface area contributed by atoms with Crippen molar-refractivity contribution in [1.29, 1.82) is 0 Å². The van der Waals surface area contributed by atoms with Gasteiger partial charge in [-0.1, -0.05) is 11.6 Å². The molecule has 0 aliphatic carbocycles. The summed E-state index contributed by atoms with van der Waals surface area (Å²) in [6.45, 7) is 5.07. The van der Waals surface area contributed by atoms with E-state index in [4.69, 9.17) is 26.8 Å². The Morgan fingerprint density at radius 2 is 2.22 bits per heavy atom. The summed E-state index contributed by atoms with van der Waals surface area (Å²) >= 11 is 6.04. The van der Waals surface area contributed by atoms with Crippen LogP contribution in [0.5, 0.6) is 5.75 Å². The Morgan fingerprint density at radius 3 is 2.93 bits per heavy atom. The van der Waals surface area contributed by atoms with Gasteiger partial charge in [0.05, 0.1) is 49.1 Å². The van der Waals surface area contributed by atoms with Crippen LogP contribution in [0.4, 0.5) is 5.69 Å². The van der Waals surface area contributed by atoms with Crippen molar-refractivity contribution in [2.45, 2.75) is 19.4 Å². The van der Waals surface area contributed by atoms with E-state index in [9.17, 15) is 9.59 Å². The summed E-state index contributed by atoms with van der Waals surface area (Å²) < 4.78 is 15.8. The summed E-state index contributed by atoms with van der Waals surface area (Å²) in [7, 11) is 1.37. The molecular weight excluding hydrogens is 374 g/mol. The number of ether oxygens (including phenoxy) is 3. The molecule has 1 heterocycles. The summed E-state index contributed by atoms with van der Waals surface area (Å²) in [5.41, 5.74) is 6.47. The van der Waals surface area contributed by atoms with Crippen LogP contribution in [0.25, 0.3) is 0 Å². The molecule has 0 radical (unpaired) electrons. The van der Waals surface area contributed by atoms with Gasteiger partial charge in [0, 0.05) is 32.2 Å². The number of nitrogens with one attached hydrogen (secondary N) is 1. The highest BCUT2D eigenvalue weighted by Gasteiger charge is 2.23. The van der Waals surface area contributed by atoms with Gasteiger partial charge in [-0.15, -0.1) is 0 Å². The minimum absolute atomic E-state index is 0.167. The van der Waals surface area contributed by atoms with E-state index in [0.717, 1.165) is 6.54 Å². The minimum atomic E-state index is -0.310.